The number of nitrogens with zero attached hydrogens (tertiary/aromatic N) is 4. The predicted octanol–water partition coefficient (Wildman–Crippen LogP) is 4.44. The van der Waals surface area contributed by atoms with Crippen LogP contribution in [0.4, 0.5) is 21.0 Å². The molecule has 0 aliphatic carbocycles. The van der Waals surface area contributed by atoms with Gasteiger partial charge in [-0.2, -0.15) is 4.79 Å². The largest absolute Gasteiger partial charge is 0.515 e. The molecule has 4 N–H and O–H groups in total. The number of likely N-dealkylation sites (tertiary alicyclic amines) is 2. The number of carboxylic acid groups (broad SMARTS) is 1. The number of aldehydes is 1. The molecule has 2 fully saturated rings. The van der Waals surface area contributed by atoms with E-state index in [4.69, 9.17) is 5.73 Å². The molecule has 5 rings (SSSR count). The number of hydrogen-bond acceptors (Lipinski definition) is 6. The average molecular weight is 592 g/mol. The van der Waals surface area contributed by atoms with Gasteiger partial charge in [0.1, 0.15) is 12.8 Å². The Kier molecular flexibility index (Phi) is 8.83. The third-order valence-electron chi connectivity index (χ3n) is 10.5. The summed E-state index contributed by atoms with van der Waals surface area (Å²) in [5.41, 5.74) is 10.6. The van der Waals surface area contributed by atoms with Crippen LogP contribution < -0.4 is 11.1 Å². The SMILES string of the molecule is Cc1cc(C[N@+]2(C(=O)O)CCC(N3CCc4ccccc4NC3=O)CC2(CC=O)N2CCC(N(C)C)CC2)cc(C)c1N. The van der Waals surface area contributed by atoms with Gasteiger partial charge in [0, 0.05) is 61.5 Å². The fourth-order valence-corrected chi connectivity index (χ4v) is 7.99. The molecule has 43 heavy (non-hydrogen) atoms. The maximum absolute atomic E-state index is 13.7. The van der Waals surface area contributed by atoms with Crippen molar-refractivity contribution < 1.29 is 24.0 Å². The summed E-state index contributed by atoms with van der Waals surface area (Å²) >= 11 is 0. The van der Waals surface area contributed by atoms with Crippen molar-refractivity contribution in [3.63, 3.8) is 0 Å². The minimum absolute atomic E-state index is 0.0745. The normalized spacial score (nSPS) is 27.0. The number of quaternary nitrogens is 1. The molecule has 2 aromatic carbocycles. The van der Waals surface area contributed by atoms with Crippen LogP contribution >= 0.6 is 0 Å². The minimum atomic E-state index is -1.02. The van der Waals surface area contributed by atoms with Gasteiger partial charge in [-0.15, -0.1) is 0 Å². The van der Waals surface area contributed by atoms with Crippen molar-refractivity contribution in [2.24, 2.45) is 0 Å². The van der Waals surface area contributed by atoms with E-state index in [0.29, 0.717) is 57.2 Å². The molecule has 3 aliphatic heterocycles. The van der Waals surface area contributed by atoms with Gasteiger partial charge in [-0.25, -0.2) is 9.28 Å². The summed E-state index contributed by atoms with van der Waals surface area (Å²) in [6.45, 7) is 6.36. The summed E-state index contributed by atoms with van der Waals surface area (Å²) in [5, 5.41) is 14.3. The van der Waals surface area contributed by atoms with E-state index in [-0.39, 0.29) is 29.5 Å². The molecule has 0 bridgehead atoms. The van der Waals surface area contributed by atoms with Crippen LogP contribution in [0, 0.1) is 13.8 Å². The van der Waals surface area contributed by atoms with E-state index >= 15 is 0 Å². The molecule has 2 aromatic rings. The highest BCUT2D eigenvalue weighted by Crippen LogP contribution is 2.46. The first-order valence-electron chi connectivity index (χ1n) is 15.5. The second-order valence-corrected chi connectivity index (χ2v) is 13.0. The van der Waals surface area contributed by atoms with Crippen LogP contribution in [0.25, 0.3) is 0 Å². The lowest BCUT2D eigenvalue weighted by Gasteiger charge is -2.59. The highest BCUT2D eigenvalue weighted by molar-refractivity contribution is 5.91. The van der Waals surface area contributed by atoms with Gasteiger partial charge in [0.15, 0.2) is 5.66 Å². The number of carbonyl (C=O) groups is 3. The molecule has 3 heterocycles. The quantitative estimate of drug-likeness (QED) is 0.247. The second-order valence-electron chi connectivity index (χ2n) is 13.0. The highest BCUT2D eigenvalue weighted by atomic mass is 16.4. The van der Waals surface area contributed by atoms with Gasteiger partial charge < -0.3 is 30.8 Å². The van der Waals surface area contributed by atoms with E-state index in [9.17, 15) is 19.5 Å². The van der Waals surface area contributed by atoms with Crippen LogP contribution in [0.2, 0.25) is 0 Å². The Balaban J connectivity index is 1.56. The average Bonchev–Trinajstić information content (AvgIpc) is 3.14. The molecule has 0 spiro atoms. The van der Waals surface area contributed by atoms with Crippen molar-refractivity contribution in [2.75, 3.05) is 51.3 Å². The number of aryl methyl sites for hydroxylation is 2. The molecular formula is C33H47N6O4+. The first kappa shape index (κ1) is 31.0. The maximum Gasteiger partial charge on any atom is 0.515 e. The first-order chi connectivity index (χ1) is 20.5. The number of para-hydroxylation sites is 1. The third-order valence-corrected chi connectivity index (χ3v) is 10.5. The van der Waals surface area contributed by atoms with E-state index in [1.807, 2.05) is 55.1 Å². The molecule has 0 radical (unpaired) electrons. The van der Waals surface area contributed by atoms with Crippen LogP contribution in [0.15, 0.2) is 36.4 Å². The van der Waals surface area contributed by atoms with Crippen molar-refractivity contribution in [3.8, 4) is 0 Å². The molecular weight excluding hydrogens is 544 g/mol. The Bertz CT molecular complexity index is 1350. The first-order valence-corrected chi connectivity index (χ1v) is 15.5. The van der Waals surface area contributed by atoms with Gasteiger partial charge >= 0.3 is 12.1 Å². The van der Waals surface area contributed by atoms with E-state index < -0.39 is 11.8 Å². The van der Waals surface area contributed by atoms with Crippen molar-refractivity contribution in [2.45, 2.75) is 76.7 Å². The lowest BCUT2D eigenvalue weighted by atomic mass is 9.81. The number of amides is 3. The number of carbonyl (C=O) groups excluding carboxylic acids is 2. The number of piperidine rings is 2. The molecule has 10 heteroatoms. The molecule has 3 atom stereocenters. The Morgan fingerprint density at radius 1 is 1.14 bits per heavy atom. The summed E-state index contributed by atoms with van der Waals surface area (Å²) in [6.07, 6.45) is 3.45. The summed E-state index contributed by atoms with van der Waals surface area (Å²) < 4.78 is -0.270. The Morgan fingerprint density at radius 3 is 2.44 bits per heavy atom. The highest BCUT2D eigenvalue weighted by Gasteiger charge is 2.64. The van der Waals surface area contributed by atoms with Crippen molar-refractivity contribution in [3.05, 3.63) is 58.7 Å². The number of anilines is 2. The van der Waals surface area contributed by atoms with Crippen LogP contribution in [-0.4, -0.2) is 101 Å². The summed E-state index contributed by atoms with van der Waals surface area (Å²) in [4.78, 5) is 46.3. The third kappa shape index (κ3) is 5.63. The van der Waals surface area contributed by atoms with Crippen molar-refractivity contribution in [1.29, 1.82) is 0 Å². The number of nitrogen functional groups attached to an aromatic ring is 1. The van der Waals surface area contributed by atoms with Crippen molar-refractivity contribution in [1.82, 2.24) is 14.7 Å². The van der Waals surface area contributed by atoms with Crippen LogP contribution in [-0.2, 0) is 17.8 Å². The van der Waals surface area contributed by atoms with Gasteiger partial charge in [-0.3, -0.25) is 4.90 Å². The second kappa shape index (κ2) is 12.3. The lowest BCUT2D eigenvalue weighted by Crippen LogP contribution is -2.78. The summed E-state index contributed by atoms with van der Waals surface area (Å²) in [6, 6.07) is 11.9. The Hall–Kier alpha value is -3.47. The lowest BCUT2D eigenvalue weighted by molar-refractivity contribution is -0.942. The van der Waals surface area contributed by atoms with Crippen LogP contribution in [0.3, 0.4) is 0 Å². The summed E-state index contributed by atoms with van der Waals surface area (Å²) in [5.74, 6) is 0. The smallest absolute Gasteiger partial charge is 0.435 e. The molecule has 232 valence electrons. The zero-order valence-electron chi connectivity index (χ0n) is 26.0. The van der Waals surface area contributed by atoms with E-state index in [1.165, 1.54) is 0 Å². The minimum Gasteiger partial charge on any atom is -0.435 e. The predicted molar refractivity (Wildman–Crippen MR) is 168 cm³/mol. The molecule has 2 unspecified atom stereocenters. The van der Waals surface area contributed by atoms with Gasteiger partial charge in [0.2, 0.25) is 0 Å². The Labute approximate surface area is 255 Å². The number of nitrogens with one attached hydrogen (secondary N) is 1. The molecule has 10 nitrogen and oxygen atoms in total. The molecule has 3 aliphatic rings. The molecule has 0 saturated carbocycles. The number of hydrogen-bond donors (Lipinski definition) is 3. The van der Waals surface area contributed by atoms with Gasteiger partial charge in [0.25, 0.3) is 0 Å². The number of rotatable bonds is 7. The zero-order valence-corrected chi connectivity index (χ0v) is 26.0. The topological polar surface area (TPSA) is 119 Å². The molecule has 2 saturated heterocycles. The fourth-order valence-electron chi connectivity index (χ4n) is 7.99. The number of benzene rings is 2. The van der Waals surface area contributed by atoms with E-state index in [0.717, 1.165) is 47.1 Å². The number of urea groups is 1. The maximum atomic E-state index is 13.7. The number of nitrogens with two attached hydrogens (primary N) is 1. The van der Waals surface area contributed by atoms with Crippen molar-refractivity contribution >= 4 is 29.8 Å². The van der Waals surface area contributed by atoms with Gasteiger partial charge in [-0.05, 0) is 82.1 Å². The van der Waals surface area contributed by atoms with E-state index in [1.54, 1.807) is 0 Å². The summed E-state index contributed by atoms with van der Waals surface area (Å²) in [7, 11) is 4.16. The fraction of sp³-hybridized carbons (Fsp3) is 0.545. The van der Waals surface area contributed by atoms with Crippen LogP contribution in [0.5, 0.6) is 0 Å². The Morgan fingerprint density at radius 2 is 1.81 bits per heavy atom. The number of fused-ring (bicyclic) bond motifs is 1. The zero-order chi connectivity index (χ0) is 30.9. The van der Waals surface area contributed by atoms with Gasteiger partial charge in [-0.1, -0.05) is 18.2 Å². The van der Waals surface area contributed by atoms with Crippen LogP contribution in [0.1, 0.15) is 54.4 Å². The monoisotopic (exact) mass is 591 g/mol. The standard InChI is InChI=1S/C33H46N6O4/c1-23-19-25(20-24(2)30(23)34)22-39(32(42)43)17-12-28(38-16-9-26-7-5-6-8-29(26)35-31(38)41)21-33(39,13-18-40)37-14-10-27(11-15-37)36(3)4/h5-8,18-20,27-28H,9-17,21-22,34H2,1-4H3,(H-,35,41,42,43)/p+1/t28?,33?,39-/m0/s1. The van der Waals surface area contributed by atoms with Gasteiger partial charge in [0.05, 0.1) is 13.0 Å². The molecule has 3 amide bonds. The van der Waals surface area contributed by atoms with E-state index in [2.05, 4.69) is 29.2 Å². The molecule has 0 aromatic heterocycles.